The maximum absolute atomic E-state index is 12.5. The summed E-state index contributed by atoms with van der Waals surface area (Å²) in [4.78, 5) is 24.3. The van der Waals surface area contributed by atoms with E-state index in [1.807, 2.05) is 13.8 Å². The molecule has 6 nitrogen and oxygen atoms in total. The van der Waals surface area contributed by atoms with Gasteiger partial charge < -0.3 is 9.88 Å². The first-order chi connectivity index (χ1) is 13.0. The standard InChI is InChI=1S/C20H26N4O2S/c1-4-24-19(15-5-6-15)22-23-20(24)27-12-17(25)14-7-9-16(10-8-14)21-18(26)11-13(2)3/h7-10,13,15H,4-6,11-12H2,1-3H3,(H,21,26). The van der Waals surface area contributed by atoms with E-state index in [-0.39, 0.29) is 11.7 Å². The van der Waals surface area contributed by atoms with Gasteiger partial charge in [0.1, 0.15) is 5.82 Å². The van der Waals surface area contributed by atoms with E-state index in [4.69, 9.17) is 0 Å². The number of rotatable bonds is 9. The molecule has 0 bridgehead atoms. The second kappa shape index (κ2) is 8.69. The fourth-order valence-electron chi connectivity index (χ4n) is 2.88. The lowest BCUT2D eigenvalue weighted by Crippen LogP contribution is -2.14. The molecular formula is C20H26N4O2S. The number of thioether (sulfide) groups is 1. The largest absolute Gasteiger partial charge is 0.326 e. The maximum Gasteiger partial charge on any atom is 0.224 e. The molecule has 0 spiro atoms. The molecule has 0 atom stereocenters. The quantitative estimate of drug-likeness (QED) is 0.518. The Morgan fingerprint density at radius 3 is 2.52 bits per heavy atom. The van der Waals surface area contributed by atoms with Crippen LogP contribution in [-0.2, 0) is 11.3 Å². The number of nitrogens with zero attached hydrogens (tertiary/aromatic N) is 3. The van der Waals surface area contributed by atoms with Crippen LogP contribution in [0.2, 0.25) is 0 Å². The summed E-state index contributed by atoms with van der Waals surface area (Å²) in [7, 11) is 0. The van der Waals surface area contributed by atoms with Crippen molar-refractivity contribution in [3.05, 3.63) is 35.7 Å². The van der Waals surface area contributed by atoms with Gasteiger partial charge in [0.05, 0.1) is 5.75 Å². The topological polar surface area (TPSA) is 76.9 Å². The maximum atomic E-state index is 12.5. The summed E-state index contributed by atoms with van der Waals surface area (Å²) in [5, 5.41) is 12.2. The molecule has 0 radical (unpaired) electrons. The van der Waals surface area contributed by atoms with Gasteiger partial charge in [0.25, 0.3) is 0 Å². The fraction of sp³-hybridized carbons (Fsp3) is 0.500. The minimum absolute atomic E-state index is 0.00926. The first-order valence-corrected chi connectivity index (χ1v) is 10.5. The van der Waals surface area contributed by atoms with Crippen LogP contribution in [0.3, 0.4) is 0 Å². The molecule has 1 N–H and O–H groups in total. The molecule has 1 fully saturated rings. The molecule has 2 aromatic rings. The highest BCUT2D eigenvalue weighted by atomic mass is 32.2. The lowest BCUT2D eigenvalue weighted by molar-refractivity contribution is -0.116. The average molecular weight is 387 g/mol. The molecule has 1 aliphatic rings. The van der Waals surface area contributed by atoms with Crippen molar-refractivity contribution in [3.63, 3.8) is 0 Å². The minimum atomic E-state index is -0.00926. The molecule has 144 valence electrons. The van der Waals surface area contributed by atoms with Gasteiger partial charge >= 0.3 is 0 Å². The van der Waals surface area contributed by atoms with E-state index in [0.29, 0.717) is 35.3 Å². The molecule has 1 aromatic heterocycles. The zero-order valence-electron chi connectivity index (χ0n) is 16.1. The van der Waals surface area contributed by atoms with Crippen LogP contribution in [0.15, 0.2) is 29.4 Å². The van der Waals surface area contributed by atoms with Crippen LogP contribution in [-0.4, -0.2) is 32.2 Å². The number of carbonyl (C=O) groups is 2. The lowest BCUT2D eigenvalue weighted by atomic mass is 10.1. The number of carbonyl (C=O) groups excluding carboxylic acids is 2. The van der Waals surface area contributed by atoms with Gasteiger partial charge in [-0.3, -0.25) is 9.59 Å². The highest BCUT2D eigenvalue weighted by Gasteiger charge is 2.30. The highest BCUT2D eigenvalue weighted by molar-refractivity contribution is 7.99. The number of hydrogen-bond donors (Lipinski definition) is 1. The van der Waals surface area contributed by atoms with Crippen molar-refractivity contribution in [3.8, 4) is 0 Å². The average Bonchev–Trinajstić information content (AvgIpc) is 3.39. The molecule has 0 saturated heterocycles. The van der Waals surface area contributed by atoms with Gasteiger partial charge in [-0.15, -0.1) is 10.2 Å². The zero-order valence-corrected chi connectivity index (χ0v) is 16.9. The summed E-state index contributed by atoms with van der Waals surface area (Å²) in [5.74, 6) is 2.26. The summed E-state index contributed by atoms with van der Waals surface area (Å²) < 4.78 is 2.11. The van der Waals surface area contributed by atoms with E-state index in [1.54, 1.807) is 24.3 Å². The number of ketones is 1. The van der Waals surface area contributed by atoms with E-state index in [0.717, 1.165) is 17.5 Å². The number of anilines is 1. The monoisotopic (exact) mass is 386 g/mol. The van der Waals surface area contributed by atoms with E-state index >= 15 is 0 Å². The second-order valence-corrected chi connectivity index (χ2v) is 8.24. The number of benzene rings is 1. The number of hydrogen-bond acceptors (Lipinski definition) is 5. The molecule has 1 amide bonds. The highest BCUT2D eigenvalue weighted by Crippen LogP contribution is 2.40. The predicted octanol–water partition coefficient (Wildman–Crippen LogP) is 4.14. The second-order valence-electron chi connectivity index (χ2n) is 7.29. The zero-order chi connectivity index (χ0) is 19.4. The van der Waals surface area contributed by atoms with Crippen LogP contribution in [0, 0.1) is 5.92 Å². The smallest absolute Gasteiger partial charge is 0.224 e. The van der Waals surface area contributed by atoms with E-state index in [9.17, 15) is 9.59 Å². The Morgan fingerprint density at radius 2 is 1.93 bits per heavy atom. The van der Waals surface area contributed by atoms with Crippen LogP contribution >= 0.6 is 11.8 Å². The normalized spacial score (nSPS) is 13.8. The van der Waals surface area contributed by atoms with E-state index in [2.05, 4.69) is 27.0 Å². The molecule has 1 aliphatic carbocycles. The third kappa shape index (κ3) is 5.19. The van der Waals surface area contributed by atoms with Crippen LogP contribution in [0.25, 0.3) is 0 Å². The summed E-state index contributed by atoms with van der Waals surface area (Å²) in [6.45, 7) is 6.91. The molecule has 0 unspecified atom stereocenters. The van der Waals surface area contributed by atoms with Crippen molar-refractivity contribution in [1.29, 1.82) is 0 Å². The van der Waals surface area contributed by atoms with Crippen molar-refractivity contribution < 1.29 is 9.59 Å². The van der Waals surface area contributed by atoms with Crippen molar-refractivity contribution in [2.24, 2.45) is 5.92 Å². The molecular weight excluding hydrogens is 360 g/mol. The SMILES string of the molecule is CCn1c(SCC(=O)c2ccc(NC(=O)CC(C)C)cc2)nnc1C1CC1. The Kier molecular flexibility index (Phi) is 6.31. The number of aromatic nitrogens is 3. The van der Waals surface area contributed by atoms with Gasteiger partial charge in [-0.05, 0) is 49.9 Å². The lowest BCUT2D eigenvalue weighted by Gasteiger charge is -2.08. The Bertz CT molecular complexity index is 810. The predicted molar refractivity (Wildman–Crippen MR) is 107 cm³/mol. The first-order valence-electron chi connectivity index (χ1n) is 9.47. The van der Waals surface area contributed by atoms with Crippen LogP contribution in [0.1, 0.15) is 62.1 Å². The molecule has 27 heavy (non-hydrogen) atoms. The van der Waals surface area contributed by atoms with Gasteiger partial charge in [-0.1, -0.05) is 25.6 Å². The number of Topliss-reactive ketones (excluding diaryl/α,β-unsaturated/α-hetero) is 1. The molecule has 0 aliphatic heterocycles. The first kappa shape index (κ1) is 19.6. The van der Waals surface area contributed by atoms with Crippen molar-refractivity contribution in [2.75, 3.05) is 11.1 Å². The van der Waals surface area contributed by atoms with Crippen LogP contribution in [0.4, 0.5) is 5.69 Å². The van der Waals surface area contributed by atoms with E-state index in [1.165, 1.54) is 24.6 Å². The van der Waals surface area contributed by atoms with Crippen molar-refractivity contribution in [2.45, 2.75) is 57.7 Å². The summed E-state index contributed by atoms with van der Waals surface area (Å²) in [6, 6.07) is 7.06. The number of amides is 1. The van der Waals surface area contributed by atoms with Crippen LogP contribution in [0.5, 0.6) is 0 Å². The summed E-state index contributed by atoms with van der Waals surface area (Å²) in [6.07, 6.45) is 2.85. The van der Waals surface area contributed by atoms with Gasteiger partial charge in [-0.2, -0.15) is 0 Å². The Balaban J connectivity index is 1.56. The summed E-state index contributed by atoms with van der Waals surface area (Å²) in [5.41, 5.74) is 1.35. The molecule has 1 saturated carbocycles. The molecule has 3 rings (SSSR count). The third-order valence-corrected chi connectivity index (χ3v) is 5.39. The molecule has 7 heteroatoms. The van der Waals surface area contributed by atoms with Gasteiger partial charge in [0.2, 0.25) is 5.91 Å². The third-order valence-electron chi connectivity index (χ3n) is 4.42. The van der Waals surface area contributed by atoms with Gasteiger partial charge in [0.15, 0.2) is 10.9 Å². The van der Waals surface area contributed by atoms with Crippen molar-refractivity contribution >= 4 is 29.1 Å². The minimum Gasteiger partial charge on any atom is -0.326 e. The molecule has 1 aromatic carbocycles. The van der Waals surface area contributed by atoms with Crippen LogP contribution < -0.4 is 5.32 Å². The fourth-order valence-corrected chi connectivity index (χ4v) is 3.79. The van der Waals surface area contributed by atoms with Crippen molar-refractivity contribution in [1.82, 2.24) is 14.8 Å². The Morgan fingerprint density at radius 1 is 1.22 bits per heavy atom. The Hall–Kier alpha value is -2.15. The van der Waals surface area contributed by atoms with Gasteiger partial charge in [0, 0.05) is 30.1 Å². The Labute approximate surface area is 164 Å². The number of nitrogens with one attached hydrogen (secondary N) is 1. The van der Waals surface area contributed by atoms with Gasteiger partial charge in [-0.25, -0.2) is 0 Å². The van der Waals surface area contributed by atoms with E-state index < -0.39 is 0 Å². The molecule has 1 heterocycles. The summed E-state index contributed by atoms with van der Waals surface area (Å²) >= 11 is 1.43.